The number of aromatic nitrogens is 1. The van der Waals surface area contributed by atoms with E-state index in [2.05, 4.69) is 49.2 Å². The first-order valence-corrected chi connectivity index (χ1v) is 5.02. The van der Waals surface area contributed by atoms with Crippen molar-refractivity contribution >= 4 is 11.8 Å². The second-order valence-electron chi connectivity index (χ2n) is 3.32. The molecule has 2 heteroatoms. The fourth-order valence-corrected chi connectivity index (χ4v) is 1.26. The molecule has 0 aromatic carbocycles. The Morgan fingerprint density at radius 1 is 1.27 bits per heavy atom. The van der Waals surface area contributed by atoms with Gasteiger partial charge in [-0.25, -0.2) is 0 Å². The Hall–Kier alpha value is -0.370. The SMILES string of the molecule is CSC(C)(C)Cn1cccc1. The van der Waals surface area contributed by atoms with E-state index in [0.717, 1.165) is 6.54 Å². The minimum absolute atomic E-state index is 0.346. The molecule has 62 valence electrons. The maximum absolute atomic E-state index is 2.26. The molecule has 0 amide bonds. The van der Waals surface area contributed by atoms with Gasteiger partial charge >= 0.3 is 0 Å². The van der Waals surface area contributed by atoms with Crippen LogP contribution in [0.15, 0.2) is 24.5 Å². The summed E-state index contributed by atoms with van der Waals surface area (Å²) in [5.41, 5.74) is 0. The van der Waals surface area contributed by atoms with Crippen LogP contribution in [0.25, 0.3) is 0 Å². The van der Waals surface area contributed by atoms with Crippen molar-refractivity contribution < 1.29 is 0 Å². The molecule has 0 atom stereocenters. The van der Waals surface area contributed by atoms with Crippen molar-refractivity contribution in [3.8, 4) is 0 Å². The summed E-state index contributed by atoms with van der Waals surface area (Å²) in [7, 11) is 0. The normalized spacial score (nSPS) is 11.9. The molecule has 0 N–H and O–H groups in total. The van der Waals surface area contributed by atoms with Crippen LogP contribution in [-0.2, 0) is 6.54 Å². The maximum Gasteiger partial charge on any atom is 0.0361 e. The molecule has 1 aromatic heterocycles. The summed E-state index contributed by atoms with van der Waals surface area (Å²) in [6, 6.07) is 4.13. The zero-order valence-electron chi connectivity index (χ0n) is 7.37. The Morgan fingerprint density at radius 3 is 2.27 bits per heavy atom. The largest absolute Gasteiger partial charge is 0.353 e. The van der Waals surface area contributed by atoms with E-state index in [9.17, 15) is 0 Å². The van der Waals surface area contributed by atoms with Crippen LogP contribution in [0.3, 0.4) is 0 Å². The van der Waals surface area contributed by atoms with Gasteiger partial charge in [0, 0.05) is 23.7 Å². The predicted molar refractivity (Wildman–Crippen MR) is 52.0 cm³/mol. The lowest BCUT2D eigenvalue weighted by molar-refractivity contribution is 0.570. The van der Waals surface area contributed by atoms with Gasteiger partial charge in [-0.1, -0.05) is 0 Å². The third-order valence-electron chi connectivity index (χ3n) is 1.78. The highest BCUT2D eigenvalue weighted by molar-refractivity contribution is 7.99. The highest BCUT2D eigenvalue weighted by Gasteiger charge is 2.15. The Labute approximate surface area is 72.8 Å². The van der Waals surface area contributed by atoms with E-state index >= 15 is 0 Å². The summed E-state index contributed by atoms with van der Waals surface area (Å²) in [4.78, 5) is 0. The van der Waals surface area contributed by atoms with Crippen LogP contribution < -0.4 is 0 Å². The summed E-state index contributed by atoms with van der Waals surface area (Å²) < 4.78 is 2.56. The van der Waals surface area contributed by atoms with E-state index in [1.807, 2.05) is 11.8 Å². The van der Waals surface area contributed by atoms with Crippen LogP contribution in [0.5, 0.6) is 0 Å². The first kappa shape index (κ1) is 8.72. The summed E-state index contributed by atoms with van der Waals surface area (Å²) in [5.74, 6) is 0. The molecule has 0 aliphatic heterocycles. The predicted octanol–water partition coefficient (Wildman–Crippen LogP) is 2.63. The second kappa shape index (κ2) is 3.35. The number of thioether (sulfide) groups is 1. The topological polar surface area (TPSA) is 4.93 Å². The van der Waals surface area contributed by atoms with Gasteiger partial charge in [-0.15, -0.1) is 0 Å². The van der Waals surface area contributed by atoms with E-state index < -0.39 is 0 Å². The van der Waals surface area contributed by atoms with Crippen LogP contribution in [0.4, 0.5) is 0 Å². The Morgan fingerprint density at radius 2 is 1.82 bits per heavy atom. The van der Waals surface area contributed by atoms with Crippen LogP contribution in [0.1, 0.15) is 13.8 Å². The van der Waals surface area contributed by atoms with Gasteiger partial charge in [0.15, 0.2) is 0 Å². The van der Waals surface area contributed by atoms with Gasteiger partial charge in [-0.3, -0.25) is 0 Å². The zero-order valence-corrected chi connectivity index (χ0v) is 8.19. The van der Waals surface area contributed by atoms with Crippen LogP contribution in [0.2, 0.25) is 0 Å². The van der Waals surface area contributed by atoms with Gasteiger partial charge < -0.3 is 4.57 Å². The second-order valence-corrected chi connectivity index (χ2v) is 4.83. The first-order chi connectivity index (χ1) is 5.14. The van der Waals surface area contributed by atoms with Gasteiger partial charge in [0.05, 0.1) is 0 Å². The molecule has 0 radical (unpaired) electrons. The molecule has 11 heavy (non-hydrogen) atoms. The van der Waals surface area contributed by atoms with Crippen LogP contribution in [-0.4, -0.2) is 15.6 Å². The maximum atomic E-state index is 2.26. The van der Waals surface area contributed by atoms with E-state index in [-0.39, 0.29) is 0 Å². The molecule has 1 heterocycles. The van der Waals surface area contributed by atoms with Gasteiger partial charge in [0.1, 0.15) is 0 Å². The van der Waals surface area contributed by atoms with Crippen molar-refractivity contribution in [2.45, 2.75) is 25.1 Å². The monoisotopic (exact) mass is 169 g/mol. The standard InChI is InChI=1S/C9H15NS/c1-9(2,11-3)8-10-6-4-5-7-10/h4-7H,8H2,1-3H3. The first-order valence-electron chi connectivity index (χ1n) is 3.80. The highest BCUT2D eigenvalue weighted by atomic mass is 32.2. The van der Waals surface area contributed by atoms with E-state index in [1.165, 1.54) is 0 Å². The van der Waals surface area contributed by atoms with E-state index in [4.69, 9.17) is 0 Å². The smallest absolute Gasteiger partial charge is 0.0361 e. The molecule has 0 bridgehead atoms. The molecule has 0 unspecified atom stereocenters. The summed E-state index contributed by atoms with van der Waals surface area (Å²) >= 11 is 1.90. The zero-order chi connectivity index (χ0) is 8.32. The van der Waals surface area contributed by atoms with Crippen molar-refractivity contribution in [2.75, 3.05) is 6.26 Å². The molecule has 0 aliphatic carbocycles. The third kappa shape index (κ3) is 2.62. The van der Waals surface area contributed by atoms with Crippen molar-refractivity contribution in [2.24, 2.45) is 0 Å². The number of nitrogens with zero attached hydrogens (tertiary/aromatic N) is 1. The molecular weight excluding hydrogens is 154 g/mol. The number of hydrogen-bond acceptors (Lipinski definition) is 1. The lowest BCUT2D eigenvalue weighted by Crippen LogP contribution is -2.21. The molecular formula is C9H15NS. The van der Waals surface area contributed by atoms with Crippen molar-refractivity contribution in [3.63, 3.8) is 0 Å². The molecule has 0 saturated carbocycles. The van der Waals surface area contributed by atoms with E-state index in [0.29, 0.717) is 4.75 Å². The van der Waals surface area contributed by atoms with Crippen LogP contribution in [0, 0.1) is 0 Å². The van der Waals surface area contributed by atoms with Crippen LogP contribution >= 0.6 is 11.8 Å². The lowest BCUT2D eigenvalue weighted by atomic mass is 10.2. The molecule has 1 nitrogen and oxygen atoms in total. The van der Waals surface area contributed by atoms with E-state index in [1.54, 1.807) is 0 Å². The Kier molecular flexibility index (Phi) is 2.66. The molecule has 0 spiro atoms. The molecule has 0 saturated heterocycles. The fourth-order valence-electron chi connectivity index (χ4n) is 0.980. The average Bonchev–Trinajstić information content (AvgIpc) is 2.39. The highest BCUT2D eigenvalue weighted by Crippen LogP contribution is 2.22. The Bertz CT molecular complexity index is 201. The molecule has 0 aliphatic rings. The lowest BCUT2D eigenvalue weighted by Gasteiger charge is -2.22. The van der Waals surface area contributed by atoms with Crippen molar-refractivity contribution in [1.82, 2.24) is 4.57 Å². The van der Waals surface area contributed by atoms with Crippen molar-refractivity contribution in [3.05, 3.63) is 24.5 Å². The van der Waals surface area contributed by atoms with Gasteiger partial charge in [0.2, 0.25) is 0 Å². The number of rotatable bonds is 3. The molecule has 1 aromatic rings. The fraction of sp³-hybridized carbons (Fsp3) is 0.556. The van der Waals surface area contributed by atoms with Gasteiger partial charge in [-0.2, -0.15) is 11.8 Å². The van der Waals surface area contributed by atoms with Gasteiger partial charge in [-0.05, 0) is 32.2 Å². The average molecular weight is 169 g/mol. The minimum Gasteiger partial charge on any atom is -0.353 e. The summed E-state index contributed by atoms with van der Waals surface area (Å²) in [5, 5.41) is 0. The minimum atomic E-state index is 0.346. The summed E-state index contributed by atoms with van der Waals surface area (Å²) in [6.45, 7) is 5.61. The third-order valence-corrected chi connectivity index (χ3v) is 3.02. The Balaban J connectivity index is 2.56. The quantitative estimate of drug-likeness (QED) is 0.673. The summed E-state index contributed by atoms with van der Waals surface area (Å²) in [6.07, 6.45) is 6.37. The molecule has 0 fully saturated rings. The van der Waals surface area contributed by atoms with Gasteiger partial charge in [0.25, 0.3) is 0 Å². The van der Waals surface area contributed by atoms with Crippen molar-refractivity contribution in [1.29, 1.82) is 0 Å². The number of hydrogen-bond donors (Lipinski definition) is 0. The molecule has 1 rings (SSSR count).